The monoisotopic (exact) mass is 309 g/mol. The lowest BCUT2D eigenvalue weighted by molar-refractivity contribution is -0.121. The van der Waals surface area contributed by atoms with E-state index in [9.17, 15) is 9.59 Å². The largest absolute Gasteiger partial charge is 0.352 e. The molecule has 1 aromatic carbocycles. The molecule has 0 saturated heterocycles. The minimum Gasteiger partial charge on any atom is -0.352 e. The van der Waals surface area contributed by atoms with Crippen LogP contribution in [0.25, 0.3) is 0 Å². The zero-order valence-electron chi connectivity index (χ0n) is 12.9. The summed E-state index contributed by atoms with van der Waals surface area (Å²) in [7, 11) is 0. The fourth-order valence-corrected chi connectivity index (χ4v) is 2.72. The van der Waals surface area contributed by atoms with Gasteiger partial charge in [0.15, 0.2) is 0 Å². The lowest BCUT2D eigenvalue weighted by atomic mass is 10.1. The number of rotatable bonds is 6. The van der Waals surface area contributed by atoms with Crippen molar-refractivity contribution in [3.05, 3.63) is 65.5 Å². The molecule has 0 atom stereocenters. The normalized spacial score (nSPS) is 13.0. The Hall–Kier alpha value is -2.69. The van der Waals surface area contributed by atoms with E-state index < -0.39 is 0 Å². The van der Waals surface area contributed by atoms with E-state index in [1.54, 1.807) is 17.3 Å². The highest BCUT2D eigenvalue weighted by molar-refractivity contribution is 5.98. The van der Waals surface area contributed by atoms with E-state index in [0.29, 0.717) is 32.5 Å². The molecule has 2 aromatic rings. The van der Waals surface area contributed by atoms with E-state index in [4.69, 9.17) is 0 Å². The van der Waals surface area contributed by atoms with Gasteiger partial charge in [0.2, 0.25) is 5.91 Å². The van der Waals surface area contributed by atoms with Crippen molar-refractivity contribution in [3.63, 3.8) is 0 Å². The number of amides is 2. The number of aromatic nitrogens is 1. The lowest BCUT2D eigenvalue weighted by Crippen LogP contribution is -2.27. The molecule has 0 bridgehead atoms. The average Bonchev–Trinajstić information content (AvgIpc) is 2.91. The Balaban J connectivity index is 1.40. The fraction of sp³-hybridized carbons (Fsp3) is 0.278. The van der Waals surface area contributed by atoms with Gasteiger partial charge >= 0.3 is 0 Å². The summed E-state index contributed by atoms with van der Waals surface area (Å²) in [6, 6.07) is 11.4. The van der Waals surface area contributed by atoms with Gasteiger partial charge in [-0.3, -0.25) is 14.6 Å². The van der Waals surface area contributed by atoms with Crippen LogP contribution < -0.4 is 5.32 Å². The minimum atomic E-state index is 0.00553. The van der Waals surface area contributed by atoms with Crippen molar-refractivity contribution in [3.8, 4) is 0 Å². The number of nitrogens with one attached hydrogen (secondary N) is 1. The van der Waals surface area contributed by atoms with Gasteiger partial charge in [-0.25, -0.2) is 0 Å². The molecule has 0 unspecified atom stereocenters. The molecule has 5 nitrogen and oxygen atoms in total. The van der Waals surface area contributed by atoms with Gasteiger partial charge in [0, 0.05) is 44.0 Å². The minimum absolute atomic E-state index is 0.00553. The Bertz CT molecular complexity index is 700. The number of carbonyl (C=O) groups is 2. The number of nitrogens with zero attached hydrogens (tertiary/aromatic N) is 2. The molecule has 2 heterocycles. The van der Waals surface area contributed by atoms with Gasteiger partial charge < -0.3 is 10.2 Å². The van der Waals surface area contributed by atoms with Crippen molar-refractivity contribution in [1.29, 1.82) is 0 Å². The predicted molar refractivity (Wildman–Crippen MR) is 86.5 cm³/mol. The summed E-state index contributed by atoms with van der Waals surface area (Å²) in [6.45, 7) is 1.76. The first-order chi connectivity index (χ1) is 11.2. The number of pyridine rings is 1. The Labute approximate surface area is 135 Å². The third-order valence-corrected chi connectivity index (χ3v) is 3.97. The second kappa shape index (κ2) is 7.05. The highest BCUT2D eigenvalue weighted by Crippen LogP contribution is 2.22. The van der Waals surface area contributed by atoms with E-state index in [1.807, 2.05) is 36.4 Å². The first kappa shape index (κ1) is 15.2. The summed E-state index contributed by atoms with van der Waals surface area (Å²) in [4.78, 5) is 29.8. The molecule has 0 radical (unpaired) electrons. The zero-order chi connectivity index (χ0) is 16.1. The van der Waals surface area contributed by atoms with E-state index >= 15 is 0 Å². The van der Waals surface area contributed by atoms with Gasteiger partial charge in [-0.2, -0.15) is 0 Å². The van der Waals surface area contributed by atoms with E-state index in [1.165, 1.54) is 0 Å². The van der Waals surface area contributed by atoms with Crippen molar-refractivity contribution in [2.24, 2.45) is 0 Å². The first-order valence-electron chi connectivity index (χ1n) is 7.77. The van der Waals surface area contributed by atoms with Crippen LogP contribution in [0.5, 0.6) is 0 Å². The molecule has 0 saturated carbocycles. The second-order valence-electron chi connectivity index (χ2n) is 5.62. The molecule has 0 spiro atoms. The molecule has 1 N–H and O–H groups in total. The van der Waals surface area contributed by atoms with Crippen LogP contribution in [0.15, 0.2) is 48.8 Å². The summed E-state index contributed by atoms with van der Waals surface area (Å²) in [5, 5.41) is 2.88. The van der Waals surface area contributed by atoms with Crippen LogP contribution in [0.3, 0.4) is 0 Å². The maximum atomic E-state index is 12.2. The summed E-state index contributed by atoms with van der Waals surface area (Å²) in [5.74, 6) is 0.0729. The van der Waals surface area contributed by atoms with E-state index in [-0.39, 0.29) is 11.8 Å². The van der Waals surface area contributed by atoms with Crippen LogP contribution >= 0.6 is 0 Å². The topological polar surface area (TPSA) is 62.3 Å². The van der Waals surface area contributed by atoms with Gasteiger partial charge in [-0.05, 0) is 35.7 Å². The quantitative estimate of drug-likeness (QED) is 0.889. The summed E-state index contributed by atoms with van der Waals surface area (Å²) >= 11 is 0. The van der Waals surface area contributed by atoms with Crippen molar-refractivity contribution < 1.29 is 9.59 Å². The lowest BCUT2D eigenvalue weighted by Gasteiger charge is -2.15. The van der Waals surface area contributed by atoms with Crippen LogP contribution in [-0.4, -0.2) is 28.2 Å². The maximum Gasteiger partial charge on any atom is 0.254 e. The summed E-state index contributed by atoms with van der Waals surface area (Å²) in [6.07, 6.45) is 4.50. The SMILES string of the molecule is O=C(CCCN1Cc2ccccc2C1=O)NCc1ccncc1. The first-order valence-corrected chi connectivity index (χ1v) is 7.77. The Morgan fingerprint density at radius 3 is 2.74 bits per heavy atom. The molecule has 1 aromatic heterocycles. The smallest absolute Gasteiger partial charge is 0.254 e. The molecular formula is C18H19N3O2. The second-order valence-corrected chi connectivity index (χ2v) is 5.62. The third kappa shape index (κ3) is 3.74. The summed E-state index contributed by atoms with van der Waals surface area (Å²) in [5.41, 5.74) is 2.88. The van der Waals surface area contributed by atoms with Crippen molar-refractivity contribution >= 4 is 11.8 Å². The van der Waals surface area contributed by atoms with Crippen LogP contribution in [0, 0.1) is 0 Å². The van der Waals surface area contributed by atoms with Crippen LogP contribution in [0.2, 0.25) is 0 Å². The van der Waals surface area contributed by atoms with Gasteiger partial charge in [-0.15, -0.1) is 0 Å². The zero-order valence-corrected chi connectivity index (χ0v) is 12.9. The number of carbonyl (C=O) groups excluding carboxylic acids is 2. The average molecular weight is 309 g/mol. The fourth-order valence-electron chi connectivity index (χ4n) is 2.72. The Morgan fingerprint density at radius 2 is 1.96 bits per heavy atom. The number of hydrogen-bond donors (Lipinski definition) is 1. The van der Waals surface area contributed by atoms with E-state index in [0.717, 1.165) is 16.7 Å². The van der Waals surface area contributed by atoms with Gasteiger partial charge in [0.1, 0.15) is 0 Å². The van der Waals surface area contributed by atoms with E-state index in [2.05, 4.69) is 10.3 Å². The maximum absolute atomic E-state index is 12.2. The standard InChI is InChI=1S/C18H19N3O2/c22-17(20-12-14-7-9-19-10-8-14)6-3-11-21-13-15-4-1-2-5-16(15)18(21)23/h1-2,4-5,7-10H,3,6,11-13H2,(H,20,22). The number of benzene rings is 1. The van der Waals surface area contributed by atoms with Crippen molar-refractivity contribution in [2.75, 3.05) is 6.54 Å². The van der Waals surface area contributed by atoms with Gasteiger partial charge in [0.05, 0.1) is 0 Å². The Kier molecular flexibility index (Phi) is 4.66. The molecule has 3 rings (SSSR count). The van der Waals surface area contributed by atoms with Gasteiger partial charge in [0.25, 0.3) is 5.91 Å². The van der Waals surface area contributed by atoms with Crippen LogP contribution in [0.1, 0.15) is 34.3 Å². The molecule has 118 valence electrons. The highest BCUT2D eigenvalue weighted by atomic mass is 16.2. The molecular weight excluding hydrogens is 290 g/mol. The number of fused-ring (bicyclic) bond motifs is 1. The Morgan fingerprint density at radius 1 is 1.17 bits per heavy atom. The van der Waals surface area contributed by atoms with Crippen LogP contribution in [-0.2, 0) is 17.9 Å². The highest BCUT2D eigenvalue weighted by Gasteiger charge is 2.26. The summed E-state index contributed by atoms with van der Waals surface area (Å²) < 4.78 is 0. The van der Waals surface area contributed by atoms with Crippen LogP contribution in [0.4, 0.5) is 0 Å². The number of hydrogen-bond acceptors (Lipinski definition) is 3. The molecule has 5 heteroatoms. The molecule has 0 aliphatic carbocycles. The molecule has 0 fully saturated rings. The molecule has 1 aliphatic heterocycles. The van der Waals surface area contributed by atoms with Crippen molar-refractivity contribution in [2.45, 2.75) is 25.9 Å². The predicted octanol–water partition coefficient (Wildman–Crippen LogP) is 2.13. The van der Waals surface area contributed by atoms with Crippen molar-refractivity contribution in [1.82, 2.24) is 15.2 Å². The van der Waals surface area contributed by atoms with Gasteiger partial charge in [-0.1, -0.05) is 18.2 Å². The molecule has 2 amide bonds. The molecule has 23 heavy (non-hydrogen) atoms. The molecule has 1 aliphatic rings. The third-order valence-electron chi connectivity index (χ3n) is 3.97.